The summed E-state index contributed by atoms with van der Waals surface area (Å²) in [4.78, 5) is 48.7. The molecule has 1 aliphatic rings. The molecule has 0 aliphatic carbocycles. The largest absolute Gasteiger partial charge is 0.439 e. The molecule has 4 aromatic rings. The highest BCUT2D eigenvalue weighted by molar-refractivity contribution is 6.03. The fraction of sp³-hybridized carbons (Fsp3) is 0.219. The van der Waals surface area contributed by atoms with Crippen LogP contribution in [-0.4, -0.2) is 45.6 Å². The van der Waals surface area contributed by atoms with Crippen molar-refractivity contribution in [3.63, 3.8) is 0 Å². The first kappa shape index (κ1) is 27.6. The number of anilines is 1. The van der Waals surface area contributed by atoms with Crippen molar-refractivity contribution < 1.29 is 23.5 Å². The Kier molecular flexibility index (Phi) is 8.43. The third-order valence-electron chi connectivity index (χ3n) is 7.07. The topological polar surface area (TPSA) is 101 Å². The van der Waals surface area contributed by atoms with Gasteiger partial charge < -0.3 is 15.0 Å². The maximum atomic E-state index is 13.0. The van der Waals surface area contributed by atoms with Crippen molar-refractivity contribution >= 4 is 23.3 Å². The van der Waals surface area contributed by atoms with Crippen molar-refractivity contribution in [2.45, 2.75) is 26.2 Å². The standard InChI is InChI=1S/C32H29FN4O4/c1-2-21-3-5-22(6-4-21)30(38)23-15-17-37(18-16-23)32(40)24-7-13-28(34-19-24)31(39)36-26-10-14-29(35-20-26)41-27-11-8-25(33)9-12-27/h3-14,19-20,23H,2,15-18H2,1H3,(H,36,39). The maximum absolute atomic E-state index is 13.0. The number of carbonyl (C=O) groups is 3. The maximum Gasteiger partial charge on any atom is 0.274 e. The monoisotopic (exact) mass is 552 g/mol. The summed E-state index contributed by atoms with van der Waals surface area (Å²) in [5.41, 5.74) is 2.87. The number of nitrogens with zero attached hydrogens (tertiary/aromatic N) is 3. The smallest absolute Gasteiger partial charge is 0.274 e. The lowest BCUT2D eigenvalue weighted by Gasteiger charge is -2.31. The highest BCUT2D eigenvalue weighted by Crippen LogP contribution is 2.24. The van der Waals surface area contributed by atoms with Crippen molar-refractivity contribution in [3.8, 4) is 11.6 Å². The van der Waals surface area contributed by atoms with E-state index in [2.05, 4.69) is 22.2 Å². The molecule has 1 saturated heterocycles. The third-order valence-corrected chi connectivity index (χ3v) is 7.07. The molecule has 1 aliphatic heterocycles. The Morgan fingerprint density at radius 1 is 0.878 bits per heavy atom. The molecular formula is C32H29FN4O4. The molecule has 0 radical (unpaired) electrons. The highest BCUT2D eigenvalue weighted by atomic mass is 19.1. The van der Waals surface area contributed by atoms with E-state index in [1.165, 1.54) is 48.3 Å². The van der Waals surface area contributed by atoms with E-state index in [1.807, 2.05) is 24.3 Å². The van der Waals surface area contributed by atoms with E-state index < -0.39 is 5.91 Å². The number of likely N-dealkylation sites (tertiary alicyclic amines) is 1. The molecule has 0 spiro atoms. The lowest BCUT2D eigenvalue weighted by Crippen LogP contribution is -2.40. The zero-order valence-electron chi connectivity index (χ0n) is 22.5. The van der Waals surface area contributed by atoms with Gasteiger partial charge in [-0.05, 0) is 67.3 Å². The molecule has 0 bridgehead atoms. The van der Waals surface area contributed by atoms with Gasteiger partial charge in [0.2, 0.25) is 5.88 Å². The van der Waals surface area contributed by atoms with Gasteiger partial charge in [-0.2, -0.15) is 0 Å². The zero-order valence-corrected chi connectivity index (χ0v) is 22.5. The van der Waals surface area contributed by atoms with Crippen LogP contribution >= 0.6 is 0 Å². The molecule has 9 heteroatoms. The van der Waals surface area contributed by atoms with Crippen LogP contribution in [-0.2, 0) is 6.42 Å². The van der Waals surface area contributed by atoms with Crippen molar-refractivity contribution in [1.82, 2.24) is 14.9 Å². The predicted octanol–water partition coefficient (Wildman–Crippen LogP) is 5.96. The molecule has 41 heavy (non-hydrogen) atoms. The number of hydrogen-bond acceptors (Lipinski definition) is 6. The van der Waals surface area contributed by atoms with Crippen LogP contribution in [0.1, 0.15) is 56.5 Å². The Hall–Kier alpha value is -4.92. The highest BCUT2D eigenvalue weighted by Gasteiger charge is 2.28. The zero-order chi connectivity index (χ0) is 28.8. The number of hydrogen-bond donors (Lipinski definition) is 1. The van der Waals surface area contributed by atoms with E-state index in [-0.39, 0.29) is 35.0 Å². The summed E-state index contributed by atoms with van der Waals surface area (Å²) >= 11 is 0. The molecule has 3 heterocycles. The van der Waals surface area contributed by atoms with E-state index >= 15 is 0 Å². The van der Waals surface area contributed by atoms with E-state index in [9.17, 15) is 18.8 Å². The lowest BCUT2D eigenvalue weighted by atomic mass is 9.88. The van der Waals surface area contributed by atoms with Gasteiger partial charge in [-0.3, -0.25) is 19.4 Å². The van der Waals surface area contributed by atoms with Crippen LogP contribution in [0.2, 0.25) is 0 Å². The number of ketones is 1. The molecule has 2 aromatic heterocycles. The van der Waals surface area contributed by atoms with Gasteiger partial charge in [-0.25, -0.2) is 9.37 Å². The van der Waals surface area contributed by atoms with Crippen LogP contribution in [0, 0.1) is 11.7 Å². The predicted molar refractivity (Wildman–Crippen MR) is 152 cm³/mol. The van der Waals surface area contributed by atoms with Crippen molar-refractivity contribution in [3.05, 3.63) is 113 Å². The van der Waals surface area contributed by atoms with Gasteiger partial charge in [0.1, 0.15) is 17.3 Å². The summed E-state index contributed by atoms with van der Waals surface area (Å²) in [5.74, 6) is -0.250. The minimum atomic E-state index is -0.454. The quantitative estimate of drug-likeness (QED) is 0.271. The second-order valence-corrected chi connectivity index (χ2v) is 9.81. The third kappa shape index (κ3) is 6.81. The first-order chi connectivity index (χ1) is 19.9. The Bertz CT molecular complexity index is 1510. The van der Waals surface area contributed by atoms with Crippen molar-refractivity contribution in [2.75, 3.05) is 18.4 Å². The molecule has 8 nitrogen and oxygen atoms in total. The number of ether oxygens (including phenoxy) is 1. The molecule has 2 aromatic carbocycles. The number of Topliss-reactive ketones (excluding diaryl/α,β-unsaturated/α-hetero) is 1. The fourth-order valence-electron chi connectivity index (χ4n) is 4.66. The van der Waals surface area contributed by atoms with Crippen molar-refractivity contribution in [2.24, 2.45) is 5.92 Å². The summed E-state index contributed by atoms with van der Waals surface area (Å²) in [7, 11) is 0. The number of benzene rings is 2. The summed E-state index contributed by atoms with van der Waals surface area (Å²) in [6, 6.07) is 19.6. The number of pyridine rings is 2. The Balaban J connectivity index is 1.12. The fourth-order valence-corrected chi connectivity index (χ4v) is 4.66. The summed E-state index contributed by atoms with van der Waals surface area (Å²) in [5, 5.41) is 2.71. The second-order valence-electron chi connectivity index (χ2n) is 9.81. The van der Waals surface area contributed by atoms with Gasteiger partial charge in [0.05, 0.1) is 17.4 Å². The normalized spacial score (nSPS) is 13.5. The lowest BCUT2D eigenvalue weighted by molar-refractivity contribution is 0.0650. The van der Waals surface area contributed by atoms with Gasteiger partial charge >= 0.3 is 0 Å². The molecular weight excluding hydrogens is 523 g/mol. The van der Waals surface area contributed by atoms with Gasteiger partial charge in [-0.15, -0.1) is 0 Å². The molecule has 2 amide bonds. The van der Waals surface area contributed by atoms with E-state index in [0.717, 1.165) is 12.0 Å². The molecule has 1 N–H and O–H groups in total. The number of rotatable bonds is 8. The van der Waals surface area contributed by atoms with Crippen LogP contribution < -0.4 is 10.1 Å². The summed E-state index contributed by atoms with van der Waals surface area (Å²) < 4.78 is 18.6. The molecule has 0 saturated carbocycles. The summed E-state index contributed by atoms with van der Waals surface area (Å²) in [6.07, 6.45) is 4.97. The molecule has 5 rings (SSSR count). The van der Waals surface area contributed by atoms with Gasteiger partial charge in [0, 0.05) is 36.8 Å². The van der Waals surface area contributed by atoms with Crippen LogP contribution in [0.25, 0.3) is 0 Å². The molecule has 0 atom stereocenters. The van der Waals surface area contributed by atoms with Crippen LogP contribution in [0.5, 0.6) is 11.6 Å². The second kappa shape index (κ2) is 12.5. The summed E-state index contributed by atoms with van der Waals surface area (Å²) in [6.45, 7) is 3.05. The van der Waals surface area contributed by atoms with E-state index in [4.69, 9.17) is 4.74 Å². The Morgan fingerprint density at radius 2 is 1.59 bits per heavy atom. The average Bonchev–Trinajstić information content (AvgIpc) is 3.02. The molecule has 1 fully saturated rings. The number of carbonyl (C=O) groups excluding carboxylic acids is 3. The number of nitrogens with one attached hydrogen (secondary N) is 1. The first-order valence-electron chi connectivity index (χ1n) is 13.5. The minimum Gasteiger partial charge on any atom is -0.439 e. The molecule has 208 valence electrons. The van der Waals surface area contributed by atoms with Gasteiger partial charge in [0.25, 0.3) is 11.8 Å². The van der Waals surface area contributed by atoms with E-state index in [0.29, 0.717) is 42.9 Å². The van der Waals surface area contributed by atoms with Crippen LogP contribution in [0.3, 0.4) is 0 Å². The number of halogens is 1. The van der Waals surface area contributed by atoms with Crippen LogP contribution in [0.4, 0.5) is 10.1 Å². The number of piperidine rings is 1. The minimum absolute atomic E-state index is 0.103. The number of aryl methyl sites for hydroxylation is 1. The van der Waals surface area contributed by atoms with Crippen LogP contribution in [0.15, 0.2) is 85.2 Å². The van der Waals surface area contributed by atoms with Gasteiger partial charge in [-0.1, -0.05) is 31.2 Å². The van der Waals surface area contributed by atoms with Gasteiger partial charge in [0.15, 0.2) is 5.78 Å². The Morgan fingerprint density at radius 3 is 2.20 bits per heavy atom. The number of amides is 2. The van der Waals surface area contributed by atoms with E-state index in [1.54, 1.807) is 23.1 Å². The SMILES string of the molecule is CCc1ccc(C(=O)C2CCN(C(=O)c3ccc(C(=O)Nc4ccc(Oc5ccc(F)cc5)nc4)nc3)CC2)cc1. The average molecular weight is 553 g/mol. The molecule has 0 unspecified atom stereocenters. The van der Waals surface area contributed by atoms with Crippen molar-refractivity contribution in [1.29, 1.82) is 0 Å². The first-order valence-corrected chi connectivity index (χ1v) is 13.5. The number of aromatic nitrogens is 2. The Labute approximate surface area is 237 Å².